The smallest absolute Gasteiger partial charge is 0.161 e. The van der Waals surface area contributed by atoms with Crippen molar-refractivity contribution in [3.63, 3.8) is 0 Å². The first-order chi connectivity index (χ1) is 6.90. The van der Waals surface area contributed by atoms with Gasteiger partial charge in [0.2, 0.25) is 0 Å². The summed E-state index contributed by atoms with van der Waals surface area (Å²) >= 11 is 0. The number of terminal acetylenes is 1. The van der Waals surface area contributed by atoms with Crippen LogP contribution in [0.2, 0.25) is 0 Å². The van der Waals surface area contributed by atoms with Crippen molar-refractivity contribution < 1.29 is 9.47 Å². The van der Waals surface area contributed by atoms with E-state index in [1.54, 1.807) is 0 Å². The Kier molecular flexibility index (Phi) is 2.60. The zero-order chi connectivity index (χ0) is 9.80. The zero-order valence-corrected chi connectivity index (χ0v) is 7.95. The molecule has 0 aromatic heterocycles. The molecule has 1 aromatic rings. The number of hydrogen-bond donors (Lipinski definition) is 0. The Balaban J connectivity index is 2.17. The zero-order valence-electron chi connectivity index (χ0n) is 7.95. The van der Waals surface area contributed by atoms with Gasteiger partial charge in [-0.2, -0.15) is 0 Å². The van der Waals surface area contributed by atoms with Gasteiger partial charge in [-0.25, -0.2) is 0 Å². The van der Waals surface area contributed by atoms with Gasteiger partial charge in [0.25, 0.3) is 0 Å². The second-order valence-electron chi connectivity index (χ2n) is 3.18. The fourth-order valence-corrected chi connectivity index (χ4v) is 1.46. The van der Waals surface area contributed by atoms with Gasteiger partial charge in [0.15, 0.2) is 11.5 Å². The van der Waals surface area contributed by atoms with Gasteiger partial charge in [0.1, 0.15) is 13.2 Å². The highest BCUT2D eigenvalue weighted by molar-refractivity contribution is 5.43. The quantitative estimate of drug-likeness (QED) is 0.661. The van der Waals surface area contributed by atoms with Crippen LogP contribution in [0.25, 0.3) is 0 Å². The van der Waals surface area contributed by atoms with E-state index in [2.05, 4.69) is 5.92 Å². The molecule has 2 heteroatoms. The van der Waals surface area contributed by atoms with E-state index in [9.17, 15) is 0 Å². The van der Waals surface area contributed by atoms with Crippen molar-refractivity contribution in [1.29, 1.82) is 0 Å². The fourth-order valence-electron chi connectivity index (χ4n) is 1.46. The van der Waals surface area contributed by atoms with Crippen LogP contribution in [-0.4, -0.2) is 13.2 Å². The molecule has 1 heterocycles. The minimum atomic E-state index is 0.631. The topological polar surface area (TPSA) is 18.5 Å². The largest absolute Gasteiger partial charge is 0.486 e. The maximum Gasteiger partial charge on any atom is 0.161 e. The fraction of sp³-hybridized carbons (Fsp3) is 0.333. The number of hydrogen-bond acceptors (Lipinski definition) is 2. The number of aryl methyl sites for hydroxylation is 1. The van der Waals surface area contributed by atoms with Gasteiger partial charge >= 0.3 is 0 Å². The first-order valence-corrected chi connectivity index (χ1v) is 4.72. The molecule has 0 N–H and O–H groups in total. The third kappa shape index (κ3) is 1.82. The molecule has 0 saturated carbocycles. The lowest BCUT2D eigenvalue weighted by Crippen LogP contribution is -2.15. The van der Waals surface area contributed by atoms with Crippen molar-refractivity contribution in [3.8, 4) is 23.8 Å². The summed E-state index contributed by atoms with van der Waals surface area (Å²) in [7, 11) is 0. The predicted molar refractivity (Wildman–Crippen MR) is 54.6 cm³/mol. The second kappa shape index (κ2) is 4.06. The lowest BCUT2D eigenvalue weighted by molar-refractivity contribution is 0.171. The van der Waals surface area contributed by atoms with Gasteiger partial charge in [-0.3, -0.25) is 0 Å². The molecule has 72 valence electrons. The van der Waals surface area contributed by atoms with E-state index in [4.69, 9.17) is 15.9 Å². The molecule has 0 spiro atoms. The number of fused-ring (bicyclic) bond motifs is 1. The van der Waals surface area contributed by atoms with E-state index in [-0.39, 0.29) is 0 Å². The lowest BCUT2D eigenvalue weighted by atomic mass is 10.1. The molecule has 1 aliphatic heterocycles. The Labute approximate surface area is 83.8 Å². The Hall–Kier alpha value is -1.62. The van der Waals surface area contributed by atoms with Crippen LogP contribution < -0.4 is 9.47 Å². The minimum Gasteiger partial charge on any atom is -0.486 e. The summed E-state index contributed by atoms with van der Waals surface area (Å²) in [6, 6.07) is 5.98. The summed E-state index contributed by atoms with van der Waals surface area (Å²) in [5, 5.41) is 0. The van der Waals surface area contributed by atoms with Crippen LogP contribution in [0.1, 0.15) is 12.0 Å². The SMILES string of the molecule is C#CCCc1ccc2c(c1)OCCO2. The Morgan fingerprint density at radius 1 is 1.21 bits per heavy atom. The van der Waals surface area contributed by atoms with E-state index in [1.165, 1.54) is 5.56 Å². The molecule has 0 amide bonds. The van der Waals surface area contributed by atoms with Crippen molar-refractivity contribution in [1.82, 2.24) is 0 Å². The first-order valence-electron chi connectivity index (χ1n) is 4.72. The lowest BCUT2D eigenvalue weighted by Gasteiger charge is -2.18. The summed E-state index contributed by atoms with van der Waals surface area (Å²) in [6.07, 6.45) is 6.87. The molecular formula is C12H12O2. The molecule has 0 unspecified atom stereocenters. The van der Waals surface area contributed by atoms with Gasteiger partial charge in [-0.05, 0) is 24.1 Å². The van der Waals surface area contributed by atoms with Crippen LogP contribution in [0.4, 0.5) is 0 Å². The maximum absolute atomic E-state index is 5.47. The Morgan fingerprint density at radius 3 is 2.79 bits per heavy atom. The van der Waals surface area contributed by atoms with Crippen molar-refractivity contribution in [2.45, 2.75) is 12.8 Å². The molecule has 0 fully saturated rings. The summed E-state index contributed by atoms with van der Waals surface area (Å²) in [5.41, 5.74) is 1.20. The average Bonchev–Trinajstić information content (AvgIpc) is 2.26. The molecular weight excluding hydrogens is 176 g/mol. The third-order valence-electron chi connectivity index (χ3n) is 2.16. The first kappa shape index (κ1) is 8.96. The van der Waals surface area contributed by atoms with Gasteiger partial charge < -0.3 is 9.47 Å². The van der Waals surface area contributed by atoms with Crippen LogP contribution in [0, 0.1) is 12.3 Å². The molecule has 0 saturated heterocycles. The van der Waals surface area contributed by atoms with E-state index >= 15 is 0 Å². The van der Waals surface area contributed by atoms with E-state index in [1.807, 2.05) is 18.2 Å². The summed E-state index contributed by atoms with van der Waals surface area (Å²) in [6.45, 7) is 1.27. The molecule has 0 aliphatic carbocycles. The third-order valence-corrected chi connectivity index (χ3v) is 2.16. The molecule has 1 aliphatic rings. The molecule has 0 atom stereocenters. The van der Waals surface area contributed by atoms with Crippen molar-refractivity contribution in [2.24, 2.45) is 0 Å². The van der Waals surface area contributed by atoms with Crippen LogP contribution in [-0.2, 0) is 6.42 Å². The Morgan fingerprint density at radius 2 is 2.00 bits per heavy atom. The van der Waals surface area contributed by atoms with E-state index < -0.39 is 0 Å². The Bertz CT molecular complexity index is 363. The van der Waals surface area contributed by atoms with Crippen molar-refractivity contribution >= 4 is 0 Å². The minimum absolute atomic E-state index is 0.631. The molecule has 14 heavy (non-hydrogen) atoms. The number of benzene rings is 1. The average molecular weight is 188 g/mol. The van der Waals surface area contributed by atoms with Crippen LogP contribution in [0.5, 0.6) is 11.5 Å². The van der Waals surface area contributed by atoms with Gasteiger partial charge in [0, 0.05) is 6.42 Å². The van der Waals surface area contributed by atoms with Crippen LogP contribution >= 0.6 is 0 Å². The van der Waals surface area contributed by atoms with Crippen LogP contribution in [0.15, 0.2) is 18.2 Å². The summed E-state index contributed by atoms with van der Waals surface area (Å²) < 4.78 is 10.9. The monoisotopic (exact) mass is 188 g/mol. The van der Waals surface area contributed by atoms with Gasteiger partial charge in [0.05, 0.1) is 0 Å². The maximum atomic E-state index is 5.47. The van der Waals surface area contributed by atoms with Crippen LogP contribution in [0.3, 0.4) is 0 Å². The molecule has 0 bridgehead atoms. The molecule has 2 rings (SSSR count). The summed E-state index contributed by atoms with van der Waals surface area (Å²) in [5.74, 6) is 4.30. The molecule has 1 aromatic carbocycles. The highest BCUT2D eigenvalue weighted by atomic mass is 16.6. The van der Waals surface area contributed by atoms with E-state index in [0.717, 1.165) is 24.3 Å². The van der Waals surface area contributed by atoms with Gasteiger partial charge in [-0.1, -0.05) is 6.07 Å². The number of rotatable bonds is 2. The molecule has 2 nitrogen and oxygen atoms in total. The van der Waals surface area contributed by atoms with Crippen molar-refractivity contribution in [3.05, 3.63) is 23.8 Å². The molecule has 0 radical (unpaired) electrons. The second-order valence-corrected chi connectivity index (χ2v) is 3.18. The highest BCUT2D eigenvalue weighted by Crippen LogP contribution is 2.30. The van der Waals surface area contributed by atoms with E-state index in [0.29, 0.717) is 13.2 Å². The standard InChI is InChI=1S/C12H12O2/c1-2-3-4-10-5-6-11-12(9-10)14-8-7-13-11/h1,5-6,9H,3-4,7-8H2. The normalized spacial score (nSPS) is 13.4. The predicted octanol–water partition coefficient (Wildman–Crippen LogP) is 2.02. The number of ether oxygens (including phenoxy) is 2. The van der Waals surface area contributed by atoms with Gasteiger partial charge in [-0.15, -0.1) is 12.3 Å². The summed E-state index contributed by atoms with van der Waals surface area (Å²) in [4.78, 5) is 0. The van der Waals surface area contributed by atoms with Crippen molar-refractivity contribution in [2.75, 3.05) is 13.2 Å². The highest BCUT2D eigenvalue weighted by Gasteiger charge is 2.10.